The number of primary amides is 1. The summed E-state index contributed by atoms with van der Waals surface area (Å²) in [7, 11) is 0. The molecule has 39 heavy (non-hydrogen) atoms. The number of carboxylic acid groups (broad SMARTS) is 1. The van der Waals surface area contributed by atoms with Gasteiger partial charge >= 0.3 is 5.97 Å². The first-order valence-corrected chi connectivity index (χ1v) is 13.3. The van der Waals surface area contributed by atoms with Crippen LogP contribution in [0, 0.1) is 0 Å². The third kappa shape index (κ3) is 10.6. The number of H-pyrrole nitrogens is 1. The van der Waals surface area contributed by atoms with Crippen molar-refractivity contribution < 1.29 is 34.2 Å². The molecule has 0 saturated carbocycles. The minimum atomic E-state index is -1.33. The first-order valence-electron chi connectivity index (χ1n) is 11.9. The lowest BCUT2D eigenvalue weighted by Gasteiger charge is -2.25. The van der Waals surface area contributed by atoms with E-state index in [0.29, 0.717) is 17.0 Å². The van der Waals surface area contributed by atoms with E-state index in [-0.39, 0.29) is 25.0 Å². The molecule has 15 heteroatoms. The number of aromatic amines is 1. The van der Waals surface area contributed by atoms with Crippen LogP contribution in [0.1, 0.15) is 24.1 Å². The number of phenolic OH excluding ortho intramolecular Hbond substituents is 1. The Kier molecular flexibility index (Phi) is 12.2. The highest BCUT2D eigenvalue weighted by atomic mass is 32.2. The summed E-state index contributed by atoms with van der Waals surface area (Å²) in [5.74, 6) is -3.82. The molecule has 4 amide bonds. The minimum Gasteiger partial charge on any atom is -0.508 e. The molecule has 212 valence electrons. The number of nitrogens with one attached hydrogen (secondary N) is 4. The summed E-state index contributed by atoms with van der Waals surface area (Å²) in [6.07, 6.45) is 4.31. The van der Waals surface area contributed by atoms with Gasteiger partial charge in [0.15, 0.2) is 0 Å². The fraction of sp³-hybridized carbons (Fsp3) is 0.417. The van der Waals surface area contributed by atoms with E-state index in [9.17, 15) is 34.2 Å². The second-order valence-corrected chi connectivity index (χ2v) is 9.72. The molecule has 0 aliphatic heterocycles. The molecule has 2 rings (SSSR count). The number of amides is 4. The van der Waals surface area contributed by atoms with Gasteiger partial charge in [-0.2, -0.15) is 11.8 Å². The van der Waals surface area contributed by atoms with Crippen molar-refractivity contribution in [3.8, 4) is 5.75 Å². The summed E-state index contributed by atoms with van der Waals surface area (Å²) in [6, 6.07) is 0.952. The van der Waals surface area contributed by atoms with Crippen LogP contribution >= 0.6 is 11.8 Å². The van der Waals surface area contributed by atoms with Crippen LogP contribution < -0.4 is 27.4 Å². The smallest absolute Gasteiger partial charge is 0.326 e. The number of aromatic nitrogens is 2. The van der Waals surface area contributed by atoms with Gasteiger partial charge in [0, 0.05) is 24.7 Å². The summed E-state index contributed by atoms with van der Waals surface area (Å²) in [5, 5.41) is 26.7. The summed E-state index contributed by atoms with van der Waals surface area (Å²) in [6.45, 7) is 0. The number of hydrogen-bond acceptors (Lipinski definition) is 9. The van der Waals surface area contributed by atoms with Gasteiger partial charge < -0.3 is 42.6 Å². The van der Waals surface area contributed by atoms with E-state index in [4.69, 9.17) is 11.5 Å². The molecule has 0 fully saturated rings. The number of thioether (sulfide) groups is 1. The van der Waals surface area contributed by atoms with Gasteiger partial charge in [0.1, 0.15) is 23.9 Å². The van der Waals surface area contributed by atoms with Crippen LogP contribution in [0.3, 0.4) is 0 Å². The molecule has 0 spiro atoms. The predicted molar refractivity (Wildman–Crippen MR) is 142 cm³/mol. The standard InChI is InChI=1S/C24H33N7O7S/c1-39-7-6-17(29-21(34)16(25)10-20(26)33)22(35)30-18(9-14-11-27-12-28-14)23(36)31-19(24(37)38)8-13-2-4-15(32)5-3-13/h2-5,11-12,16-19,32H,6-10,25H2,1H3,(H2,26,33)(H,27,28)(H,29,34)(H,30,35)(H,31,36)(H,37,38). The third-order valence-electron chi connectivity index (χ3n) is 5.60. The van der Waals surface area contributed by atoms with E-state index >= 15 is 0 Å². The van der Waals surface area contributed by atoms with Crippen molar-refractivity contribution in [3.05, 3.63) is 48.0 Å². The predicted octanol–water partition coefficient (Wildman–Crippen LogP) is -1.60. The van der Waals surface area contributed by atoms with Crippen molar-refractivity contribution in [3.63, 3.8) is 0 Å². The molecular weight excluding hydrogens is 530 g/mol. The molecule has 0 saturated heterocycles. The van der Waals surface area contributed by atoms with Crippen LogP contribution in [0.15, 0.2) is 36.8 Å². The number of nitrogens with two attached hydrogens (primary N) is 2. The second-order valence-electron chi connectivity index (χ2n) is 8.73. The van der Waals surface area contributed by atoms with Gasteiger partial charge in [-0.1, -0.05) is 12.1 Å². The number of imidazole rings is 1. The van der Waals surface area contributed by atoms with E-state index in [2.05, 4.69) is 25.9 Å². The van der Waals surface area contributed by atoms with E-state index in [0.717, 1.165) is 0 Å². The fourth-order valence-corrected chi connectivity index (χ4v) is 4.00. The number of nitrogens with zero attached hydrogens (tertiary/aromatic N) is 1. The molecule has 4 unspecified atom stereocenters. The number of rotatable bonds is 16. The Morgan fingerprint density at radius 2 is 1.59 bits per heavy atom. The van der Waals surface area contributed by atoms with E-state index in [1.807, 2.05) is 6.26 Å². The highest BCUT2D eigenvalue weighted by Crippen LogP contribution is 2.12. The summed E-state index contributed by atoms with van der Waals surface area (Å²) in [4.78, 5) is 68.6. The normalized spacial score (nSPS) is 13.9. The molecule has 10 N–H and O–H groups in total. The van der Waals surface area contributed by atoms with Crippen LogP contribution in [0.25, 0.3) is 0 Å². The molecule has 14 nitrogen and oxygen atoms in total. The lowest BCUT2D eigenvalue weighted by atomic mass is 10.0. The SMILES string of the molecule is CSCCC(NC(=O)C(N)CC(N)=O)C(=O)NC(Cc1cnc[nH]1)C(=O)NC(Cc1ccc(O)cc1)C(=O)O. The summed E-state index contributed by atoms with van der Waals surface area (Å²) >= 11 is 1.43. The van der Waals surface area contributed by atoms with Gasteiger partial charge in [-0.05, 0) is 36.1 Å². The zero-order chi connectivity index (χ0) is 28.9. The van der Waals surface area contributed by atoms with Gasteiger partial charge in [-0.25, -0.2) is 9.78 Å². The topological polar surface area (TPSA) is 243 Å². The van der Waals surface area contributed by atoms with Gasteiger partial charge in [-0.15, -0.1) is 0 Å². The molecule has 0 radical (unpaired) electrons. The maximum absolute atomic E-state index is 13.2. The van der Waals surface area contributed by atoms with Crippen LogP contribution in [-0.4, -0.2) is 86.0 Å². The number of carbonyl (C=O) groups excluding carboxylic acids is 4. The van der Waals surface area contributed by atoms with E-state index in [1.165, 1.54) is 48.6 Å². The van der Waals surface area contributed by atoms with Gasteiger partial charge in [0.2, 0.25) is 23.6 Å². The van der Waals surface area contributed by atoms with Gasteiger partial charge in [0.05, 0.1) is 18.8 Å². The summed E-state index contributed by atoms with van der Waals surface area (Å²) < 4.78 is 0. The fourth-order valence-electron chi connectivity index (χ4n) is 3.53. The Labute approximate surface area is 228 Å². The largest absolute Gasteiger partial charge is 0.508 e. The highest BCUT2D eigenvalue weighted by molar-refractivity contribution is 7.98. The molecule has 0 bridgehead atoms. The molecule has 2 aromatic rings. The third-order valence-corrected chi connectivity index (χ3v) is 6.25. The first-order chi connectivity index (χ1) is 18.5. The Morgan fingerprint density at radius 1 is 0.974 bits per heavy atom. The molecule has 4 atom stereocenters. The average Bonchev–Trinajstić information content (AvgIpc) is 3.39. The number of carbonyl (C=O) groups is 5. The first kappa shape index (κ1) is 31.1. The molecule has 0 aliphatic carbocycles. The zero-order valence-electron chi connectivity index (χ0n) is 21.3. The Bertz CT molecular complexity index is 1130. The van der Waals surface area contributed by atoms with Gasteiger partial charge in [-0.3, -0.25) is 19.2 Å². The van der Waals surface area contributed by atoms with Crippen molar-refractivity contribution in [1.82, 2.24) is 25.9 Å². The Hall–Kier alpha value is -4.11. The Morgan fingerprint density at radius 3 is 2.15 bits per heavy atom. The van der Waals surface area contributed by atoms with Crippen LogP contribution in [0.2, 0.25) is 0 Å². The number of phenols is 1. The molecule has 1 aromatic heterocycles. The van der Waals surface area contributed by atoms with Crippen molar-refractivity contribution in [2.75, 3.05) is 12.0 Å². The number of benzene rings is 1. The molecule has 1 heterocycles. The van der Waals surface area contributed by atoms with Crippen molar-refractivity contribution in [2.24, 2.45) is 11.5 Å². The minimum absolute atomic E-state index is 0.00990. The average molecular weight is 564 g/mol. The van der Waals surface area contributed by atoms with E-state index < -0.39 is 60.2 Å². The number of aliphatic carboxylic acids is 1. The number of carboxylic acids is 1. The highest BCUT2D eigenvalue weighted by Gasteiger charge is 2.31. The summed E-state index contributed by atoms with van der Waals surface area (Å²) in [5.41, 5.74) is 11.8. The van der Waals surface area contributed by atoms with Crippen LogP contribution in [0.5, 0.6) is 5.75 Å². The van der Waals surface area contributed by atoms with Gasteiger partial charge in [0.25, 0.3) is 0 Å². The number of aromatic hydroxyl groups is 1. The maximum atomic E-state index is 13.2. The monoisotopic (exact) mass is 563 g/mol. The maximum Gasteiger partial charge on any atom is 0.326 e. The van der Waals surface area contributed by atoms with Crippen molar-refractivity contribution in [1.29, 1.82) is 0 Å². The van der Waals surface area contributed by atoms with Crippen LogP contribution in [0.4, 0.5) is 0 Å². The lowest BCUT2D eigenvalue weighted by molar-refractivity contribution is -0.142. The van der Waals surface area contributed by atoms with Crippen molar-refractivity contribution in [2.45, 2.75) is 49.9 Å². The van der Waals surface area contributed by atoms with Crippen molar-refractivity contribution >= 4 is 41.4 Å². The lowest BCUT2D eigenvalue weighted by Crippen LogP contribution is -2.58. The second kappa shape index (κ2) is 15.3. The van der Waals surface area contributed by atoms with E-state index in [1.54, 1.807) is 0 Å². The molecule has 1 aromatic carbocycles. The van der Waals surface area contributed by atoms with Crippen LogP contribution in [-0.2, 0) is 36.8 Å². The quantitative estimate of drug-likeness (QED) is 0.116. The zero-order valence-corrected chi connectivity index (χ0v) is 22.1. The molecule has 0 aliphatic rings. The Balaban J connectivity index is 2.20. The number of hydrogen-bond donors (Lipinski definition) is 8. The molecular formula is C24H33N7O7S.